The van der Waals surface area contributed by atoms with Crippen molar-refractivity contribution < 1.29 is 32.7 Å². The Hall–Kier alpha value is 1.10. The van der Waals surface area contributed by atoms with Crippen molar-refractivity contribution in [3.05, 3.63) is 13.8 Å². The second-order valence-electron chi connectivity index (χ2n) is 6.33. The standard InChI is InChI=1S/C8H17.C6H13.Y/c1-5-6-7-8(2,3)4;1-5-6(2,3)4;/h1,5-7H2,2-4H3;1,5H2,2-4H3;/q2*-1;. The molecule has 0 saturated heterocycles. The molecule has 0 bridgehead atoms. The van der Waals surface area contributed by atoms with E-state index < -0.39 is 0 Å². The monoisotopic (exact) mass is 287 g/mol. The second-order valence-corrected chi connectivity index (χ2v) is 6.33. The van der Waals surface area contributed by atoms with Crippen LogP contribution in [0.2, 0.25) is 0 Å². The molecule has 0 aromatic carbocycles. The molecular weight excluding hydrogens is 257 g/mol. The second kappa shape index (κ2) is 10.3. The van der Waals surface area contributed by atoms with E-state index in [4.69, 9.17) is 0 Å². The van der Waals surface area contributed by atoms with Gasteiger partial charge in [0.2, 0.25) is 0 Å². The topological polar surface area (TPSA) is 0 Å². The number of unbranched alkanes of at least 4 members (excludes halogenated alkanes) is 1. The third-order valence-corrected chi connectivity index (χ3v) is 1.93. The summed E-state index contributed by atoms with van der Waals surface area (Å²) < 4.78 is 0. The molecule has 0 heterocycles. The molecule has 91 valence electrons. The van der Waals surface area contributed by atoms with Crippen LogP contribution in [0.5, 0.6) is 0 Å². The summed E-state index contributed by atoms with van der Waals surface area (Å²) in [5.41, 5.74) is 0.942. The average molecular weight is 287 g/mol. The summed E-state index contributed by atoms with van der Waals surface area (Å²) in [7, 11) is 0. The van der Waals surface area contributed by atoms with Gasteiger partial charge >= 0.3 is 0 Å². The minimum atomic E-state index is 0. The van der Waals surface area contributed by atoms with Crippen molar-refractivity contribution in [3.63, 3.8) is 0 Å². The van der Waals surface area contributed by atoms with Crippen LogP contribution in [0.1, 0.15) is 67.2 Å². The summed E-state index contributed by atoms with van der Waals surface area (Å²) in [6, 6.07) is 0. The quantitative estimate of drug-likeness (QED) is 0.605. The number of rotatable bonds is 2. The van der Waals surface area contributed by atoms with Crippen LogP contribution >= 0.6 is 0 Å². The third-order valence-electron chi connectivity index (χ3n) is 1.93. The van der Waals surface area contributed by atoms with Gasteiger partial charge in [0.25, 0.3) is 0 Å². The van der Waals surface area contributed by atoms with E-state index in [-0.39, 0.29) is 32.7 Å². The molecule has 0 atom stereocenters. The van der Waals surface area contributed by atoms with Crippen LogP contribution in [0.15, 0.2) is 0 Å². The van der Waals surface area contributed by atoms with Crippen LogP contribution in [0.3, 0.4) is 0 Å². The molecular formula is C14H30Y-2. The molecule has 0 aliphatic heterocycles. The van der Waals surface area contributed by atoms with Gasteiger partial charge in [-0.05, 0) is 5.41 Å². The SMILES string of the molecule is [CH2-]CC(C)(C)C.[CH2-]CCCC(C)(C)C.[Y]. The van der Waals surface area contributed by atoms with Crippen LogP contribution in [0, 0.1) is 24.7 Å². The van der Waals surface area contributed by atoms with E-state index in [2.05, 4.69) is 55.4 Å². The molecule has 0 unspecified atom stereocenters. The van der Waals surface area contributed by atoms with Gasteiger partial charge in [-0.1, -0.05) is 59.8 Å². The number of hydrogen-bond donors (Lipinski definition) is 0. The van der Waals surface area contributed by atoms with Gasteiger partial charge in [-0.2, -0.15) is 12.8 Å². The Morgan fingerprint density at radius 3 is 1.20 bits per heavy atom. The largest absolute Gasteiger partial charge is 0.343 e. The van der Waals surface area contributed by atoms with Gasteiger partial charge in [0.1, 0.15) is 0 Å². The summed E-state index contributed by atoms with van der Waals surface area (Å²) in [6.45, 7) is 20.9. The van der Waals surface area contributed by atoms with Crippen molar-refractivity contribution in [1.29, 1.82) is 0 Å². The van der Waals surface area contributed by atoms with Crippen LogP contribution in [-0.4, -0.2) is 0 Å². The van der Waals surface area contributed by atoms with E-state index in [1.807, 2.05) is 0 Å². The van der Waals surface area contributed by atoms with Crippen LogP contribution < -0.4 is 0 Å². The molecule has 0 spiro atoms. The fourth-order valence-corrected chi connectivity index (χ4v) is 0.655. The van der Waals surface area contributed by atoms with E-state index in [9.17, 15) is 0 Å². The summed E-state index contributed by atoms with van der Waals surface area (Å²) in [4.78, 5) is 0. The zero-order valence-corrected chi connectivity index (χ0v) is 14.7. The Kier molecular flexibility index (Phi) is 14.6. The first-order chi connectivity index (χ1) is 6.12. The number of hydrogen-bond acceptors (Lipinski definition) is 0. The zero-order valence-electron chi connectivity index (χ0n) is 11.8. The van der Waals surface area contributed by atoms with Crippen molar-refractivity contribution >= 4 is 0 Å². The third kappa shape index (κ3) is 31.3. The van der Waals surface area contributed by atoms with Gasteiger partial charge in [-0.3, -0.25) is 0 Å². The van der Waals surface area contributed by atoms with Crippen molar-refractivity contribution in [1.82, 2.24) is 0 Å². The molecule has 15 heavy (non-hydrogen) atoms. The molecule has 0 fully saturated rings. The Bertz CT molecular complexity index is 114. The molecule has 1 heteroatoms. The van der Waals surface area contributed by atoms with Crippen molar-refractivity contribution in [2.45, 2.75) is 67.2 Å². The molecule has 0 rings (SSSR count). The van der Waals surface area contributed by atoms with Gasteiger partial charge in [-0.25, -0.2) is 0 Å². The van der Waals surface area contributed by atoms with Crippen LogP contribution in [0.25, 0.3) is 0 Å². The van der Waals surface area contributed by atoms with E-state index in [0.29, 0.717) is 10.8 Å². The van der Waals surface area contributed by atoms with Crippen molar-refractivity contribution in [2.24, 2.45) is 10.8 Å². The normalized spacial score (nSPS) is 11.2. The summed E-state index contributed by atoms with van der Waals surface area (Å²) >= 11 is 0. The molecule has 0 saturated carbocycles. The first-order valence-electron chi connectivity index (χ1n) is 5.71. The average Bonchev–Trinajstić information content (AvgIpc) is 1.99. The Morgan fingerprint density at radius 2 is 1.13 bits per heavy atom. The van der Waals surface area contributed by atoms with Crippen LogP contribution in [0.4, 0.5) is 0 Å². The Balaban J connectivity index is -0.000000187. The van der Waals surface area contributed by atoms with E-state index in [1.54, 1.807) is 0 Å². The van der Waals surface area contributed by atoms with E-state index >= 15 is 0 Å². The molecule has 1 radical (unpaired) electrons. The fourth-order valence-electron chi connectivity index (χ4n) is 0.655. The molecule has 0 N–H and O–H groups in total. The maximum Gasteiger partial charge on any atom is 0 e. The smallest absolute Gasteiger partial charge is 0 e. The van der Waals surface area contributed by atoms with Crippen molar-refractivity contribution in [3.8, 4) is 0 Å². The molecule has 0 aromatic heterocycles. The maximum absolute atomic E-state index is 3.79. The first kappa shape index (κ1) is 21.4. The fraction of sp³-hybridized carbons (Fsp3) is 0.857. The van der Waals surface area contributed by atoms with Gasteiger partial charge in [-0.15, -0.1) is 0 Å². The predicted molar refractivity (Wildman–Crippen MR) is 68.1 cm³/mol. The first-order valence-corrected chi connectivity index (χ1v) is 5.71. The molecule has 0 aliphatic rings. The molecule has 0 aliphatic carbocycles. The van der Waals surface area contributed by atoms with Gasteiger partial charge in [0, 0.05) is 32.7 Å². The summed E-state index contributed by atoms with van der Waals surface area (Å²) in [6.07, 6.45) is 4.67. The predicted octanol–water partition coefficient (Wildman–Crippen LogP) is 5.29. The Morgan fingerprint density at radius 1 is 0.800 bits per heavy atom. The van der Waals surface area contributed by atoms with Gasteiger partial charge in [0.05, 0.1) is 0 Å². The van der Waals surface area contributed by atoms with Crippen molar-refractivity contribution in [2.75, 3.05) is 0 Å². The van der Waals surface area contributed by atoms with Gasteiger partial charge in [0.15, 0.2) is 0 Å². The molecule has 0 amide bonds. The minimum Gasteiger partial charge on any atom is -0.343 e. The zero-order chi connectivity index (χ0) is 11.8. The minimum absolute atomic E-state index is 0. The van der Waals surface area contributed by atoms with Crippen LogP contribution in [-0.2, 0) is 32.7 Å². The van der Waals surface area contributed by atoms with E-state index in [1.165, 1.54) is 12.8 Å². The Labute approximate surface area is 124 Å². The summed E-state index contributed by atoms with van der Waals surface area (Å²) in [5, 5.41) is 0. The molecule has 0 aromatic rings. The summed E-state index contributed by atoms with van der Waals surface area (Å²) in [5.74, 6) is 0. The maximum atomic E-state index is 3.79. The molecule has 0 nitrogen and oxygen atoms in total. The van der Waals surface area contributed by atoms with Gasteiger partial charge < -0.3 is 13.8 Å². The van der Waals surface area contributed by atoms with E-state index in [0.717, 1.165) is 12.8 Å².